The van der Waals surface area contributed by atoms with Gasteiger partial charge in [-0.1, -0.05) is 19.0 Å². The Morgan fingerprint density at radius 3 is 2.62 bits per heavy atom. The molecule has 16 heavy (non-hydrogen) atoms. The summed E-state index contributed by atoms with van der Waals surface area (Å²) in [7, 11) is 1.66. The summed E-state index contributed by atoms with van der Waals surface area (Å²) >= 11 is 0. The van der Waals surface area contributed by atoms with Crippen LogP contribution in [0.3, 0.4) is 0 Å². The van der Waals surface area contributed by atoms with Crippen molar-refractivity contribution in [2.45, 2.75) is 45.8 Å². The lowest BCUT2D eigenvalue weighted by Crippen LogP contribution is -2.14. The third-order valence-electron chi connectivity index (χ3n) is 2.40. The lowest BCUT2D eigenvalue weighted by atomic mass is 10.0. The Morgan fingerprint density at radius 1 is 1.38 bits per heavy atom. The highest BCUT2D eigenvalue weighted by atomic mass is 16.5. The first-order valence-electron chi connectivity index (χ1n) is 5.63. The zero-order valence-electron chi connectivity index (χ0n) is 10.4. The van der Waals surface area contributed by atoms with Crippen LogP contribution in [0.5, 0.6) is 0 Å². The first-order chi connectivity index (χ1) is 7.52. The second-order valence-electron chi connectivity index (χ2n) is 4.54. The second-order valence-corrected chi connectivity index (χ2v) is 4.54. The van der Waals surface area contributed by atoms with Gasteiger partial charge in [0.15, 0.2) is 5.82 Å². The Hall–Kier alpha value is -0.940. The van der Waals surface area contributed by atoms with Crippen LogP contribution in [0.15, 0.2) is 4.52 Å². The summed E-state index contributed by atoms with van der Waals surface area (Å²) in [4.78, 5) is 4.27. The van der Waals surface area contributed by atoms with Gasteiger partial charge >= 0.3 is 0 Å². The highest BCUT2D eigenvalue weighted by Crippen LogP contribution is 2.17. The van der Waals surface area contributed by atoms with E-state index in [2.05, 4.69) is 24.0 Å². The van der Waals surface area contributed by atoms with Crippen molar-refractivity contribution < 1.29 is 9.26 Å². The molecular formula is C11H21N3O2. The van der Waals surface area contributed by atoms with E-state index in [9.17, 15) is 0 Å². The number of rotatable bonds is 6. The van der Waals surface area contributed by atoms with Gasteiger partial charge in [0.25, 0.3) is 0 Å². The fraction of sp³-hybridized carbons (Fsp3) is 0.818. The largest absolute Gasteiger partial charge is 0.381 e. The number of aromatic nitrogens is 2. The fourth-order valence-electron chi connectivity index (χ4n) is 1.45. The molecule has 1 rings (SSSR count). The average molecular weight is 227 g/mol. The molecule has 0 bridgehead atoms. The van der Waals surface area contributed by atoms with Gasteiger partial charge in [-0.25, -0.2) is 0 Å². The summed E-state index contributed by atoms with van der Waals surface area (Å²) in [5, 5.41) is 3.89. The van der Waals surface area contributed by atoms with Crippen molar-refractivity contribution in [3.63, 3.8) is 0 Å². The second kappa shape index (κ2) is 5.96. The van der Waals surface area contributed by atoms with Crippen LogP contribution >= 0.6 is 0 Å². The molecule has 0 saturated heterocycles. The molecule has 5 nitrogen and oxygen atoms in total. The lowest BCUT2D eigenvalue weighted by Gasteiger charge is -2.08. The number of ether oxygens (including phenoxy) is 1. The maximum Gasteiger partial charge on any atom is 0.243 e. The van der Waals surface area contributed by atoms with Gasteiger partial charge in [-0.2, -0.15) is 4.98 Å². The summed E-state index contributed by atoms with van der Waals surface area (Å²) in [5.74, 6) is 1.69. The molecule has 5 heteroatoms. The molecule has 0 fully saturated rings. The molecule has 0 spiro atoms. The highest BCUT2D eigenvalue weighted by molar-refractivity contribution is 4.93. The fourth-order valence-corrected chi connectivity index (χ4v) is 1.45. The van der Waals surface area contributed by atoms with Gasteiger partial charge in [-0.3, -0.25) is 0 Å². The van der Waals surface area contributed by atoms with Gasteiger partial charge in [0, 0.05) is 13.5 Å². The van der Waals surface area contributed by atoms with Gasteiger partial charge in [0.2, 0.25) is 5.89 Å². The predicted molar refractivity (Wildman–Crippen MR) is 60.9 cm³/mol. The van der Waals surface area contributed by atoms with Crippen LogP contribution < -0.4 is 5.73 Å². The van der Waals surface area contributed by atoms with Crippen molar-refractivity contribution in [1.29, 1.82) is 0 Å². The average Bonchev–Trinajstić information content (AvgIpc) is 2.65. The minimum Gasteiger partial charge on any atom is -0.381 e. The van der Waals surface area contributed by atoms with Crippen molar-refractivity contribution in [2.24, 2.45) is 11.7 Å². The Morgan fingerprint density at radius 2 is 2.06 bits per heavy atom. The number of methoxy groups -OCH3 is 1. The summed E-state index contributed by atoms with van der Waals surface area (Å²) < 4.78 is 10.3. The van der Waals surface area contributed by atoms with Gasteiger partial charge < -0.3 is 15.0 Å². The van der Waals surface area contributed by atoms with E-state index in [-0.39, 0.29) is 12.1 Å². The first-order valence-corrected chi connectivity index (χ1v) is 5.63. The molecule has 0 aliphatic carbocycles. The smallest absolute Gasteiger partial charge is 0.243 e. The van der Waals surface area contributed by atoms with E-state index < -0.39 is 0 Å². The molecule has 0 saturated carbocycles. The first kappa shape index (κ1) is 13.1. The minimum absolute atomic E-state index is 0.0896. The standard InChI is InChI=1S/C11H21N3O2/c1-7(2)5-9(12)11-13-10(14-16-11)6-8(3)15-4/h7-9H,5-6,12H2,1-4H3/t8?,9-/m1/s1. The molecular weight excluding hydrogens is 206 g/mol. The van der Waals surface area contributed by atoms with E-state index in [1.165, 1.54) is 0 Å². The maximum atomic E-state index is 5.95. The van der Waals surface area contributed by atoms with Gasteiger partial charge in [0.05, 0.1) is 12.1 Å². The highest BCUT2D eigenvalue weighted by Gasteiger charge is 2.16. The molecule has 0 aromatic carbocycles. The summed E-state index contributed by atoms with van der Waals surface area (Å²) in [6.45, 7) is 6.19. The van der Waals surface area contributed by atoms with Gasteiger partial charge in [-0.15, -0.1) is 0 Å². The zero-order chi connectivity index (χ0) is 12.1. The number of nitrogens with zero attached hydrogens (tertiary/aromatic N) is 2. The van der Waals surface area contributed by atoms with Crippen LogP contribution in [0.2, 0.25) is 0 Å². The Kier molecular flexibility index (Phi) is 4.89. The SMILES string of the molecule is COC(C)Cc1noc([C@H](N)CC(C)C)n1. The minimum atomic E-state index is -0.167. The molecule has 0 amide bonds. The molecule has 2 atom stereocenters. The van der Waals surface area contributed by atoms with Crippen molar-refractivity contribution in [2.75, 3.05) is 7.11 Å². The van der Waals surface area contributed by atoms with Crippen molar-refractivity contribution in [3.8, 4) is 0 Å². The van der Waals surface area contributed by atoms with Crippen LogP contribution in [0.25, 0.3) is 0 Å². The molecule has 1 heterocycles. The maximum absolute atomic E-state index is 5.95. The van der Waals surface area contributed by atoms with E-state index >= 15 is 0 Å². The summed E-state index contributed by atoms with van der Waals surface area (Å²) in [6, 6.07) is -0.167. The predicted octanol–water partition coefficient (Wildman–Crippen LogP) is 1.69. The Balaban J connectivity index is 2.56. The topological polar surface area (TPSA) is 74.2 Å². The molecule has 1 aromatic rings. The number of hydrogen-bond acceptors (Lipinski definition) is 5. The number of hydrogen-bond donors (Lipinski definition) is 1. The summed E-state index contributed by atoms with van der Waals surface area (Å²) in [5.41, 5.74) is 5.95. The molecule has 92 valence electrons. The molecule has 1 unspecified atom stereocenters. The lowest BCUT2D eigenvalue weighted by molar-refractivity contribution is 0.116. The van der Waals surface area contributed by atoms with Gasteiger partial charge in [-0.05, 0) is 19.3 Å². The third-order valence-corrected chi connectivity index (χ3v) is 2.40. The van der Waals surface area contributed by atoms with E-state index in [1.807, 2.05) is 6.92 Å². The van der Waals surface area contributed by atoms with Crippen LogP contribution in [0.1, 0.15) is 44.9 Å². The molecule has 0 aliphatic rings. The van der Waals surface area contributed by atoms with Crippen molar-refractivity contribution >= 4 is 0 Å². The van der Waals surface area contributed by atoms with Crippen molar-refractivity contribution in [1.82, 2.24) is 10.1 Å². The zero-order valence-corrected chi connectivity index (χ0v) is 10.4. The molecule has 1 aromatic heterocycles. The van der Waals surface area contributed by atoms with E-state index in [4.69, 9.17) is 15.0 Å². The molecule has 0 aliphatic heterocycles. The molecule has 2 N–H and O–H groups in total. The Bertz CT molecular complexity index is 312. The van der Waals surface area contributed by atoms with Crippen LogP contribution in [-0.4, -0.2) is 23.4 Å². The quantitative estimate of drug-likeness (QED) is 0.800. The van der Waals surface area contributed by atoms with Crippen LogP contribution in [0, 0.1) is 5.92 Å². The van der Waals surface area contributed by atoms with Gasteiger partial charge in [0.1, 0.15) is 0 Å². The Labute approximate surface area is 96.4 Å². The molecule has 0 radical (unpaired) electrons. The monoisotopic (exact) mass is 227 g/mol. The van der Waals surface area contributed by atoms with E-state index in [0.29, 0.717) is 24.1 Å². The van der Waals surface area contributed by atoms with E-state index in [0.717, 1.165) is 6.42 Å². The summed E-state index contributed by atoms with van der Waals surface area (Å²) in [6.07, 6.45) is 1.59. The van der Waals surface area contributed by atoms with Crippen molar-refractivity contribution in [3.05, 3.63) is 11.7 Å². The van der Waals surface area contributed by atoms with Crippen LogP contribution in [0.4, 0.5) is 0 Å². The third kappa shape index (κ3) is 3.90. The van der Waals surface area contributed by atoms with E-state index in [1.54, 1.807) is 7.11 Å². The van der Waals surface area contributed by atoms with Crippen LogP contribution in [-0.2, 0) is 11.2 Å². The number of nitrogens with two attached hydrogens (primary N) is 1. The normalized spacial score (nSPS) is 15.4.